The largest absolute Gasteiger partial charge is 0.480 e. The number of aliphatic carboxylic acids is 1. The van der Waals surface area contributed by atoms with Gasteiger partial charge in [0.25, 0.3) is 5.91 Å². The Morgan fingerprint density at radius 3 is 2.48 bits per heavy atom. The number of fused-ring (bicyclic) bond motifs is 1. The summed E-state index contributed by atoms with van der Waals surface area (Å²) in [7, 11) is -1.82. The quantitative estimate of drug-likeness (QED) is 0.622. The van der Waals surface area contributed by atoms with Gasteiger partial charge in [0.1, 0.15) is 19.8 Å². The lowest BCUT2D eigenvalue weighted by Crippen LogP contribution is -2.41. The fourth-order valence-electron chi connectivity index (χ4n) is 2.19. The molecule has 0 aliphatic heterocycles. The average molecular weight is 383 g/mol. The zero-order valence-corrected chi connectivity index (χ0v) is 17.5. The SMILES string of the molecule is CC(C)(C)[Si](C)(C)C#CC[C@@H](NC(=O)c1ccc2ccccc2n1)C(=O)O. The van der Waals surface area contributed by atoms with Gasteiger partial charge in [0.05, 0.1) is 5.52 Å². The summed E-state index contributed by atoms with van der Waals surface area (Å²) in [5.41, 5.74) is 4.16. The Bertz CT molecular complexity index is 920. The fourth-order valence-corrected chi connectivity index (χ4v) is 3.11. The highest BCUT2D eigenvalue weighted by molar-refractivity contribution is 6.87. The van der Waals surface area contributed by atoms with Crippen LogP contribution in [-0.4, -0.2) is 36.1 Å². The molecule has 0 fully saturated rings. The number of rotatable bonds is 4. The first kappa shape index (κ1) is 20.7. The van der Waals surface area contributed by atoms with Crippen molar-refractivity contribution in [3.63, 3.8) is 0 Å². The highest BCUT2D eigenvalue weighted by Gasteiger charge is 2.33. The maximum absolute atomic E-state index is 12.4. The van der Waals surface area contributed by atoms with E-state index in [9.17, 15) is 14.7 Å². The molecular formula is C21H26N2O3Si. The molecule has 0 bridgehead atoms. The van der Waals surface area contributed by atoms with Crippen LogP contribution in [-0.2, 0) is 4.79 Å². The molecule has 0 unspecified atom stereocenters. The Balaban J connectivity index is 2.13. The number of carbonyl (C=O) groups is 2. The molecule has 0 aliphatic carbocycles. The van der Waals surface area contributed by atoms with Crippen molar-refractivity contribution < 1.29 is 14.7 Å². The fraction of sp³-hybridized carbons (Fsp3) is 0.381. The molecular weight excluding hydrogens is 356 g/mol. The Morgan fingerprint density at radius 1 is 1.19 bits per heavy atom. The molecule has 27 heavy (non-hydrogen) atoms. The Morgan fingerprint density at radius 2 is 1.85 bits per heavy atom. The molecule has 142 valence electrons. The van der Waals surface area contributed by atoms with Gasteiger partial charge >= 0.3 is 5.97 Å². The summed E-state index contributed by atoms with van der Waals surface area (Å²) in [5.74, 6) is 1.38. The molecule has 0 saturated heterocycles. The number of para-hydroxylation sites is 1. The van der Waals surface area contributed by atoms with Crippen LogP contribution in [0.15, 0.2) is 36.4 Å². The number of aromatic nitrogens is 1. The van der Waals surface area contributed by atoms with Gasteiger partial charge in [-0.3, -0.25) is 4.79 Å². The van der Waals surface area contributed by atoms with Crippen molar-refractivity contribution in [2.24, 2.45) is 0 Å². The van der Waals surface area contributed by atoms with Gasteiger partial charge in [0, 0.05) is 11.8 Å². The average Bonchev–Trinajstić information content (AvgIpc) is 2.59. The van der Waals surface area contributed by atoms with Crippen LogP contribution < -0.4 is 5.32 Å². The third-order valence-electron chi connectivity index (χ3n) is 5.02. The number of carbonyl (C=O) groups excluding carboxylic acids is 1. The van der Waals surface area contributed by atoms with Gasteiger partial charge in [0.2, 0.25) is 0 Å². The zero-order chi connectivity index (χ0) is 20.2. The van der Waals surface area contributed by atoms with Crippen LogP contribution in [0.25, 0.3) is 10.9 Å². The molecule has 2 aromatic rings. The van der Waals surface area contributed by atoms with Crippen LogP contribution in [0.5, 0.6) is 0 Å². The number of carboxylic acid groups (broad SMARTS) is 1. The maximum atomic E-state index is 12.4. The summed E-state index contributed by atoms with van der Waals surface area (Å²) in [6, 6.07) is 9.77. The van der Waals surface area contributed by atoms with Gasteiger partial charge in [0.15, 0.2) is 0 Å². The van der Waals surface area contributed by atoms with Crippen molar-refractivity contribution in [2.45, 2.75) is 51.4 Å². The van der Waals surface area contributed by atoms with Gasteiger partial charge in [-0.25, -0.2) is 9.78 Å². The van der Waals surface area contributed by atoms with E-state index in [1.165, 1.54) is 0 Å². The van der Waals surface area contributed by atoms with E-state index in [4.69, 9.17) is 0 Å². The number of amides is 1. The minimum Gasteiger partial charge on any atom is -0.480 e. The van der Waals surface area contributed by atoms with Crippen LogP contribution in [0.4, 0.5) is 0 Å². The normalized spacial score (nSPS) is 12.8. The molecule has 1 atom stereocenters. The van der Waals surface area contributed by atoms with E-state index in [0.29, 0.717) is 5.52 Å². The lowest BCUT2D eigenvalue weighted by atomic mass is 10.2. The maximum Gasteiger partial charge on any atom is 0.327 e. The second-order valence-corrected chi connectivity index (χ2v) is 13.1. The molecule has 0 radical (unpaired) electrons. The molecule has 0 spiro atoms. The Labute approximate surface area is 161 Å². The summed E-state index contributed by atoms with van der Waals surface area (Å²) in [5, 5.41) is 13.0. The van der Waals surface area contributed by atoms with Crippen LogP contribution in [0.2, 0.25) is 18.1 Å². The number of pyridine rings is 1. The number of benzene rings is 1. The van der Waals surface area contributed by atoms with E-state index >= 15 is 0 Å². The van der Waals surface area contributed by atoms with Crippen molar-refractivity contribution >= 4 is 30.9 Å². The molecule has 2 rings (SSSR count). The molecule has 0 saturated carbocycles. The smallest absolute Gasteiger partial charge is 0.327 e. The third-order valence-corrected chi connectivity index (χ3v) is 9.57. The van der Waals surface area contributed by atoms with Crippen molar-refractivity contribution in [3.05, 3.63) is 42.1 Å². The molecule has 5 nitrogen and oxygen atoms in total. The molecule has 2 N–H and O–H groups in total. The van der Waals surface area contributed by atoms with Crippen molar-refractivity contribution in [3.8, 4) is 11.5 Å². The van der Waals surface area contributed by atoms with E-state index in [-0.39, 0.29) is 17.2 Å². The molecule has 6 heteroatoms. The first-order valence-corrected chi connectivity index (χ1v) is 11.9. The lowest BCUT2D eigenvalue weighted by molar-refractivity contribution is -0.139. The number of nitrogens with zero attached hydrogens (tertiary/aromatic N) is 1. The van der Waals surface area contributed by atoms with Crippen LogP contribution in [0, 0.1) is 11.5 Å². The summed E-state index contributed by atoms with van der Waals surface area (Å²) >= 11 is 0. The standard InChI is InChI=1S/C21H26N2O3Si/c1-21(2,3)27(4,5)14-8-11-18(20(25)26)23-19(24)17-13-12-15-9-6-7-10-16(15)22-17/h6-7,9-10,12-13,18H,11H2,1-5H3,(H,23,24)(H,25,26)/t18-/m1/s1. The minimum atomic E-state index is -1.82. The second-order valence-electron chi connectivity index (χ2n) is 8.13. The van der Waals surface area contributed by atoms with E-state index in [1.54, 1.807) is 12.1 Å². The number of hydrogen-bond donors (Lipinski definition) is 2. The highest BCUT2D eigenvalue weighted by Crippen LogP contribution is 2.35. The molecule has 0 aliphatic rings. The van der Waals surface area contributed by atoms with Gasteiger partial charge in [-0.2, -0.15) is 0 Å². The van der Waals surface area contributed by atoms with Gasteiger partial charge < -0.3 is 10.4 Å². The summed E-state index contributed by atoms with van der Waals surface area (Å²) in [6.07, 6.45) is 0.0706. The van der Waals surface area contributed by atoms with Gasteiger partial charge in [-0.15, -0.1) is 11.5 Å². The van der Waals surface area contributed by atoms with E-state index in [1.807, 2.05) is 24.3 Å². The predicted molar refractivity (Wildman–Crippen MR) is 110 cm³/mol. The van der Waals surface area contributed by atoms with Crippen molar-refractivity contribution in [2.75, 3.05) is 0 Å². The predicted octanol–water partition coefficient (Wildman–Crippen LogP) is 3.86. The molecule has 1 aromatic heterocycles. The molecule has 1 aromatic carbocycles. The first-order valence-electron chi connectivity index (χ1n) is 8.91. The molecule has 1 heterocycles. The van der Waals surface area contributed by atoms with Crippen molar-refractivity contribution in [1.82, 2.24) is 10.3 Å². The topological polar surface area (TPSA) is 79.3 Å². The first-order chi connectivity index (χ1) is 12.5. The third kappa shape index (κ3) is 5.17. The van der Waals surface area contributed by atoms with E-state index in [2.05, 4.69) is 55.6 Å². The van der Waals surface area contributed by atoms with Crippen LogP contribution in [0.3, 0.4) is 0 Å². The van der Waals surface area contributed by atoms with Crippen LogP contribution in [0.1, 0.15) is 37.7 Å². The summed E-state index contributed by atoms with van der Waals surface area (Å²) in [6.45, 7) is 10.8. The molecule has 1 amide bonds. The van der Waals surface area contributed by atoms with Gasteiger partial charge in [-0.1, -0.05) is 58.1 Å². The second kappa shape index (κ2) is 7.93. The zero-order valence-electron chi connectivity index (χ0n) is 16.5. The van der Waals surface area contributed by atoms with Crippen LogP contribution >= 0.6 is 0 Å². The lowest BCUT2D eigenvalue weighted by Gasteiger charge is -2.31. The summed E-state index contributed by atoms with van der Waals surface area (Å²) < 4.78 is 0. The van der Waals surface area contributed by atoms with Gasteiger partial charge in [-0.05, 0) is 17.2 Å². The van der Waals surface area contributed by atoms with Crippen molar-refractivity contribution in [1.29, 1.82) is 0 Å². The van der Waals surface area contributed by atoms with E-state index < -0.39 is 26.0 Å². The number of nitrogens with one attached hydrogen (secondary N) is 1. The highest BCUT2D eigenvalue weighted by atomic mass is 28.3. The summed E-state index contributed by atoms with van der Waals surface area (Å²) in [4.78, 5) is 28.3. The van der Waals surface area contributed by atoms with E-state index in [0.717, 1.165) is 5.39 Å². The Hall–Kier alpha value is -2.65. The number of hydrogen-bond acceptors (Lipinski definition) is 3. The monoisotopic (exact) mass is 382 g/mol. The Kier molecular flexibility index (Phi) is 6.07. The minimum absolute atomic E-state index is 0.0706. The number of carboxylic acids is 1.